The second-order valence-corrected chi connectivity index (χ2v) is 9.74. The summed E-state index contributed by atoms with van der Waals surface area (Å²) in [7, 11) is 1.73. The lowest BCUT2D eigenvalue weighted by Gasteiger charge is -2.36. The van der Waals surface area contributed by atoms with Crippen molar-refractivity contribution in [3.05, 3.63) is 102 Å². The Morgan fingerprint density at radius 2 is 1.68 bits per heavy atom. The standard InChI is InChI=1S/C32H36N4O/c1-3-11-24(20-33)22-36(32-19-31(37-2)26-15-8-10-17-29(26)35-32)30(18-23-12-5-4-6-13-23)27-21-34-28-16-9-7-14-25(27)28/h4-10,12-17,19,21,24,30,34H,3,11,18,20,22,33H2,1-2H3/t24?,30-/m1/s1. The van der Waals surface area contributed by atoms with Crippen molar-refractivity contribution in [2.24, 2.45) is 11.7 Å². The van der Waals surface area contributed by atoms with Gasteiger partial charge in [-0.15, -0.1) is 0 Å². The largest absolute Gasteiger partial charge is 0.496 e. The van der Waals surface area contributed by atoms with Crippen LogP contribution in [0.2, 0.25) is 0 Å². The number of methoxy groups -OCH3 is 1. The molecule has 0 spiro atoms. The van der Waals surface area contributed by atoms with E-state index in [9.17, 15) is 0 Å². The minimum absolute atomic E-state index is 0.0582. The van der Waals surface area contributed by atoms with Crippen LogP contribution in [-0.4, -0.2) is 30.2 Å². The van der Waals surface area contributed by atoms with Gasteiger partial charge in [0.1, 0.15) is 11.6 Å². The predicted octanol–water partition coefficient (Wildman–Crippen LogP) is 6.89. The second kappa shape index (κ2) is 11.5. The molecule has 2 atom stereocenters. The van der Waals surface area contributed by atoms with Crippen molar-refractivity contribution < 1.29 is 4.74 Å². The molecular weight excluding hydrogens is 456 g/mol. The van der Waals surface area contributed by atoms with Crippen LogP contribution in [0.25, 0.3) is 21.8 Å². The van der Waals surface area contributed by atoms with Gasteiger partial charge in [-0.1, -0.05) is 74.0 Å². The lowest BCUT2D eigenvalue weighted by Crippen LogP contribution is -2.37. The normalized spacial score (nSPS) is 13.1. The first-order chi connectivity index (χ1) is 18.2. The Balaban J connectivity index is 1.70. The Kier molecular flexibility index (Phi) is 7.71. The Labute approximate surface area is 219 Å². The fourth-order valence-corrected chi connectivity index (χ4v) is 5.39. The molecule has 0 amide bonds. The topological polar surface area (TPSA) is 67.2 Å². The molecular formula is C32H36N4O. The van der Waals surface area contributed by atoms with Gasteiger partial charge in [-0.05, 0) is 49.1 Å². The summed E-state index contributed by atoms with van der Waals surface area (Å²) in [4.78, 5) is 11.2. The molecule has 0 fully saturated rings. The van der Waals surface area contributed by atoms with Crippen LogP contribution in [0.4, 0.5) is 5.82 Å². The molecule has 3 N–H and O–H groups in total. The first-order valence-electron chi connectivity index (χ1n) is 13.2. The molecule has 0 aliphatic rings. The van der Waals surface area contributed by atoms with Crippen molar-refractivity contribution in [1.29, 1.82) is 0 Å². The predicted molar refractivity (Wildman–Crippen MR) is 154 cm³/mol. The van der Waals surface area contributed by atoms with E-state index in [4.69, 9.17) is 15.5 Å². The number of aromatic nitrogens is 2. The van der Waals surface area contributed by atoms with E-state index in [0.717, 1.165) is 53.8 Å². The van der Waals surface area contributed by atoms with E-state index >= 15 is 0 Å². The third-order valence-corrected chi connectivity index (χ3v) is 7.29. The van der Waals surface area contributed by atoms with Crippen LogP contribution in [0.15, 0.2) is 91.1 Å². The Morgan fingerprint density at radius 1 is 0.946 bits per heavy atom. The smallest absolute Gasteiger partial charge is 0.133 e. The fraction of sp³-hybridized carbons (Fsp3) is 0.281. The molecule has 0 saturated carbocycles. The van der Waals surface area contributed by atoms with E-state index in [1.54, 1.807) is 7.11 Å². The quantitative estimate of drug-likeness (QED) is 0.211. The summed E-state index contributed by atoms with van der Waals surface area (Å²) in [5, 5.41) is 2.25. The van der Waals surface area contributed by atoms with E-state index < -0.39 is 0 Å². The number of benzene rings is 3. The Morgan fingerprint density at radius 3 is 2.43 bits per heavy atom. The van der Waals surface area contributed by atoms with Crippen LogP contribution in [-0.2, 0) is 6.42 Å². The number of para-hydroxylation sites is 2. The molecule has 5 aromatic rings. The van der Waals surface area contributed by atoms with Crippen molar-refractivity contribution in [2.45, 2.75) is 32.2 Å². The second-order valence-electron chi connectivity index (χ2n) is 9.74. The van der Waals surface area contributed by atoms with Gasteiger partial charge in [0.15, 0.2) is 0 Å². The molecule has 190 valence electrons. The van der Waals surface area contributed by atoms with Gasteiger partial charge < -0.3 is 20.4 Å². The number of nitrogens with two attached hydrogens (primary N) is 1. The van der Waals surface area contributed by atoms with Gasteiger partial charge in [0.25, 0.3) is 0 Å². The highest BCUT2D eigenvalue weighted by Crippen LogP contribution is 2.37. The van der Waals surface area contributed by atoms with Crippen molar-refractivity contribution in [3.8, 4) is 5.75 Å². The molecule has 3 aromatic carbocycles. The zero-order chi connectivity index (χ0) is 25.6. The van der Waals surface area contributed by atoms with Crippen LogP contribution in [0.1, 0.15) is 36.9 Å². The highest BCUT2D eigenvalue weighted by atomic mass is 16.5. The highest BCUT2D eigenvalue weighted by molar-refractivity contribution is 5.87. The summed E-state index contributed by atoms with van der Waals surface area (Å²) in [5.74, 6) is 2.10. The Hall–Kier alpha value is -3.83. The number of rotatable bonds is 11. The van der Waals surface area contributed by atoms with E-state index in [-0.39, 0.29) is 6.04 Å². The molecule has 2 heterocycles. The van der Waals surface area contributed by atoms with Crippen LogP contribution in [0, 0.1) is 5.92 Å². The summed E-state index contributed by atoms with van der Waals surface area (Å²) in [6.45, 7) is 3.68. The minimum atomic E-state index is 0.0582. The summed E-state index contributed by atoms with van der Waals surface area (Å²) in [6.07, 6.45) is 5.19. The number of pyridine rings is 1. The van der Waals surface area contributed by atoms with Crippen molar-refractivity contribution in [1.82, 2.24) is 9.97 Å². The van der Waals surface area contributed by atoms with Gasteiger partial charge in [0, 0.05) is 40.7 Å². The summed E-state index contributed by atoms with van der Waals surface area (Å²) >= 11 is 0. The minimum Gasteiger partial charge on any atom is -0.496 e. The van der Waals surface area contributed by atoms with E-state index in [1.807, 2.05) is 12.1 Å². The number of H-pyrrole nitrogens is 1. The molecule has 5 rings (SSSR count). The molecule has 0 aliphatic heterocycles. The first kappa shape index (κ1) is 24.8. The zero-order valence-electron chi connectivity index (χ0n) is 21.7. The van der Waals surface area contributed by atoms with Gasteiger partial charge in [0.05, 0.1) is 18.7 Å². The van der Waals surface area contributed by atoms with Crippen molar-refractivity contribution in [3.63, 3.8) is 0 Å². The van der Waals surface area contributed by atoms with Gasteiger partial charge >= 0.3 is 0 Å². The zero-order valence-corrected chi connectivity index (χ0v) is 21.7. The molecule has 5 heteroatoms. The SMILES string of the molecule is CCCC(CN)CN(c1cc(OC)c2ccccc2n1)[C@H](Cc1ccccc1)c1c[nH]c2ccccc12. The molecule has 5 nitrogen and oxygen atoms in total. The average molecular weight is 493 g/mol. The first-order valence-corrected chi connectivity index (χ1v) is 13.2. The maximum absolute atomic E-state index is 6.32. The van der Waals surface area contributed by atoms with Crippen LogP contribution < -0.4 is 15.4 Å². The number of fused-ring (bicyclic) bond motifs is 2. The molecule has 2 aromatic heterocycles. The molecule has 0 bridgehead atoms. The van der Waals surface area contributed by atoms with Gasteiger partial charge in [-0.2, -0.15) is 0 Å². The third-order valence-electron chi connectivity index (χ3n) is 7.29. The molecule has 1 unspecified atom stereocenters. The van der Waals surface area contributed by atoms with Crippen LogP contribution in [0.3, 0.4) is 0 Å². The van der Waals surface area contributed by atoms with Crippen molar-refractivity contribution >= 4 is 27.6 Å². The third kappa shape index (κ3) is 5.32. The van der Waals surface area contributed by atoms with Crippen LogP contribution >= 0.6 is 0 Å². The number of anilines is 1. The lowest BCUT2D eigenvalue weighted by molar-refractivity contribution is 0.418. The maximum atomic E-state index is 6.32. The monoisotopic (exact) mass is 492 g/mol. The molecule has 37 heavy (non-hydrogen) atoms. The summed E-state index contributed by atoms with van der Waals surface area (Å²) < 4.78 is 5.86. The van der Waals surface area contributed by atoms with Gasteiger partial charge in [-0.3, -0.25) is 0 Å². The molecule has 0 radical (unpaired) electrons. The van der Waals surface area contributed by atoms with E-state index in [0.29, 0.717) is 12.5 Å². The van der Waals surface area contributed by atoms with E-state index in [2.05, 4.69) is 95.8 Å². The number of nitrogens with one attached hydrogen (secondary N) is 1. The number of nitrogens with zero attached hydrogens (tertiary/aromatic N) is 2. The summed E-state index contributed by atoms with van der Waals surface area (Å²) in [6, 6.07) is 29.6. The average Bonchev–Trinajstić information content (AvgIpc) is 3.38. The molecule has 0 aliphatic carbocycles. The molecule has 0 saturated heterocycles. The summed E-state index contributed by atoms with van der Waals surface area (Å²) in [5.41, 5.74) is 10.9. The van der Waals surface area contributed by atoms with Crippen LogP contribution in [0.5, 0.6) is 5.75 Å². The van der Waals surface area contributed by atoms with Gasteiger partial charge in [0.2, 0.25) is 0 Å². The number of ether oxygens (including phenoxy) is 1. The number of aromatic amines is 1. The maximum Gasteiger partial charge on any atom is 0.133 e. The fourth-order valence-electron chi connectivity index (χ4n) is 5.39. The van der Waals surface area contributed by atoms with E-state index in [1.165, 1.54) is 16.5 Å². The number of hydrogen-bond donors (Lipinski definition) is 2. The lowest BCUT2D eigenvalue weighted by atomic mass is 9.94. The number of hydrogen-bond acceptors (Lipinski definition) is 4. The Bertz CT molecular complexity index is 1450. The van der Waals surface area contributed by atoms with Gasteiger partial charge in [-0.25, -0.2) is 4.98 Å². The van der Waals surface area contributed by atoms with Crippen molar-refractivity contribution in [2.75, 3.05) is 25.1 Å². The highest BCUT2D eigenvalue weighted by Gasteiger charge is 2.28.